The first-order valence-corrected chi connectivity index (χ1v) is 22.4. The van der Waals surface area contributed by atoms with E-state index >= 15 is 0 Å². The Hall–Kier alpha value is -7.57. The van der Waals surface area contributed by atoms with E-state index in [2.05, 4.69) is 200 Å². The quantitative estimate of drug-likeness (QED) is 0.161. The Bertz CT molecular complexity index is 3510. The van der Waals surface area contributed by atoms with Crippen LogP contribution < -0.4 is 0 Å². The third kappa shape index (κ3) is 6.38. The zero-order valence-electron chi connectivity index (χ0n) is 33.4. The molecule has 3 aromatic heterocycles. The molecule has 0 saturated heterocycles. The van der Waals surface area contributed by atoms with Crippen molar-refractivity contribution in [1.82, 2.24) is 15.0 Å². The lowest BCUT2D eigenvalue weighted by Crippen LogP contribution is -2.01. The molecule has 12 rings (SSSR count). The van der Waals surface area contributed by atoms with Crippen molar-refractivity contribution in [2.75, 3.05) is 0 Å². The number of hydrogen-bond acceptors (Lipinski definition) is 5. The van der Waals surface area contributed by atoms with E-state index in [9.17, 15) is 0 Å². The number of benzene rings is 9. The number of hydrogen-bond donors (Lipinski definition) is 0. The van der Waals surface area contributed by atoms with Gasteiger partial charge in [0.1, 0.15) is 0 Å². The molecule has 62 heavy (non-hydrogen) atoms. The standard InChI is InChI=1S/C57H35N3S2/c1-3-16-36(17-4-1)38-20-13-21-39(32-38)55-58-56(60-57(59-55)50-25-8-7-22-43(50)37-18-5-2-6-19-37)42-34-40(44-26-14-28-48-46-23-9-11-30-51(46)61-53(44)48)33-41(35-42)45-27-15-29-49-47-24-10-12-31-52(47)62-54(45)49/h1-35H. The molecule has 9 aromatic carbocycles. The van der Waals surface area contributed by atoms with Gasteiger partial charge in [-0.15, -0.1) is 22.7 Å². The molecule has 0 spiro atoms. The summed E-state index contributed by atoms with van der Waals surface area (Å²) in [6, 6.07) is 75.7. The Labute approximate surface area is 366 Å². The zero-order valence-corrected chi connectivity index (χ0v) is 35.0. The number of fused-ring (bicyclic) bond motifs is 6. The minimum Gasteiger partial charge on any atom is -0.208 e. The van der Waals surface area contributed by atoms with Crippen molar-refractivity contribution in [3.05, 3.63) is 212 Å². The fourth-order valence-corrected chi connectivity index (χ4v) is 11.3. The van der Waals surface area contributed by atoms with Crippen LogP contribution in [0.5, 0.6) is 0 Å². The van der Waals surface area contributed by atoms with Gasteiger partial charge in [-0.25, -0.2) is 15.0 Å². The van der Waals surface area contributed by atoms with E-state index in [0.29, 0.717) is 17.5 Å². The summed E-state index contributed by atoms with van der Waals surface area (Å²) in [5, 5.41) is 5.09. The molecule has 0 fully saturated rings. The summed E-state index contributed by atoms with van der Waals surface area (Å²) in [5.41, 5.74) is 11.8. The smallest absolute Gasteiger partial charge is 0.164 e. The van der Waals surface area contributed by atoms with Gasteiger partial charge in [-0.1, -0.05) is 176 Å². The van der Waals surface area contributed by atoms with Crippen molar-refractivity contribution >= 4 is 63.0 Å². The molecule has 0 aliphatic carbocycles. The molecule has 0 radical (unpaired) electrons. The summed E-state index contributed by atoms with van der Waals surface area (Å²) in [6.07, 6.45) is 0. The van der Waals surface area contributed by atoms with Crippen LogP contribution in [0.15, 0.2) is 212 Å². The third-order valence-electron chi connectivity index (χ3n) is 11.7. The van der Waals surface area contributed by atoms with Gasteiger partial charge in [0.05, 0.1) is 0 Å². The van der Waals surface area contributed by atoms with Gasteiger partial charge < -0.3 is 0 Å². The first-order valence-electron chi connectivity index (χ1n) is 20.8. The van der Waals surface area contributed by atoms with Crippen molar-refractivity contribution < 1.29 is 0 Å². The van der Waals surface area contributed by atoms with Crippen LogP contribution in [0.4, 0.5) is 0 Å². The highest BCUT2D eigenvalue weighted by atomic mass is 32.1. The first kappa shape index (κ1) is 36.3. The monoisotopic (exact) mass is 825 g/mol. The molecule has 0 amide bonds. The highest BCUT2D eigenvalue weighted by Gasteiger charge is 2.20. The van der Waals surface area contributed by atoms with Gasteiger partial charge in [0.25, 0.3) is 0 Å². The Kier molecular flexibility index (Phi) is 8.87. The second kappa shape index (κ2) is 15.2. The van der Waals surface area contributed by atoms with Gasteiger partial charge in [0.2, 0.25) is 0 Å². The molecule has 5 heteroatoms. The summed E-state index contributed by atoms with van der Waals surface area (Å²) in [6.45, 7) is 0. The number of thiophene rings is 2. The summed E-state index contributed by atoms with van der Waals surface area (Å²) < 4.78 is 5.10. The van der Waals surface area contributed by atoms with Crippen LogP contribution >= 0.6 is 22.7 Å². The van der Waals surface area contributed by atoms with Crippen LogP contribution in [0.25, 0.3) is 119 Å². The minimum absolute atomic E-state index is 0.619. The molecule has 290 valence electrons. The van der Waals surface area contributed by atoms with Crippen LogP contribution in [0.1, 0.15) is 0 Å². The molecular weight excluding hydrogens is 791 g/mol. The molecule has 0 unspecified atom stereocenters. The summed E-state index contributed by atoms with van der Waals surface area (Å²) in [4.78, 5) is 16.1. The lowest BCUT2D eigenvalue weighted by Gasteiger charge is -2.15. The highest BCUT2D eigenvalue weighted by molar-refractivity contribution is 7.26. The van der Waals surface area contributed by atoms with E-state index in [0.717, 1.165) is 50.1 Å². The SMILES string of the molecule is c1ccc(-c2cccc(-c3nc(-c4cc(-c5cccc6c5sc5ccccc56)cc(-c5cccc6c5sc5ccccc56)c4)nc(-c4ccccc4-c4ccccc4)n3)c2)cc1. The highest BCUT2D eigenvalue weighted by Crippen LogP contribution is 2.45. The van der Waals surface area contributed by atoms with Crippen molar-refractivity contribution in [3.63, 3.8) is 0 Å². The summed E-state index contributed by atoms with van der Waals surface area (Å²) >= 11 is 3.70. The predicted octanol–water partition coefficient (Wildman–Crippen LogP) is 16.3. The molecule has 0 N–H and O–H groups in total. The average molecular weight is 826 g/mol. The van der Waals surface area contributed by atoms with Gasteiger partial charge in [-0.05, 0) is 80.9 Å². The van der Waals surface area contributed by atoms with E-state index < -0.39 is 0 Å². The predicted molar refractivity (Wildman–Crippen MR) is 264 cm³/mol. The fraction of sp³-hybridized carbons (Fsp3) is 0. The van der Waals surface area contributed by atoms with Gasteiger partial charge >= 0.3 is 0 Å². The lowest BCUT2D eigenvalue weighted by atomic mass is 9.94. The van der Waals surface area contributed by atoms with Gasteiger partial charge in [0, 0.05) is 57.0 Å². The lowest BCUT2D eigenvalue weighted by molar-refractivity contribution is 1.07. The minimum atomic E-state index is 0.619. The Morgan fingerprint density at radius 1 is 0.242 bits per heavy atom. The maximum Gasteiger partial charge on any atom is 0.164 e. The largest absolute Gasteiger partial charge is 0.208 e. The van der Waals surface area contributed by atoms with E-state index in [-0.39, 0.29) is 0 Å². The van der Waals surface area contributed by atoms with Crippen LogP contribution in [-0.2, 0) is 0 Å². The topological polar surface area (TPSA) is 38.7 Å². The van der Waals surface area contributed by atoms with Crippen molar-refractivity contribution in [2.24, 2.45) is 0 Å². The van der Waals surface area contributed by atoms with E-state index in [1.807, 2.05) is 34.8 Å². The number of rotatable bonds is 7. The average Bonchev–Trinajstić information content (AvgIpc) is 3.93. The van der Waals surface area contributed by atoms with Crippen LogP contribution in [-0.4, -0.2) is 15.0 Å². The molecule has 12 aromatic rings. The van der Waals surface area contributed by atoms with Crippen molar-refractivity contribution in [3.8, 4) is 78.7 Å². The molecule has 0 aliphatic heterocycles. The summed E-state index contributed by atoms with van der Waals surface area (Å²) in [7, 11) is 0. The molecule has 0 saturated carbocycles. The molecule has 3 heterocycles. The van der Waals surface area contributed by atoms with E-state index in [4.69, 9.17) is 15.0 Å². The van der Waals surface area contributed by atoms with Crippen LogP contribution in [0.2, 0.25) is 0 Å². The van der Waals surface area contributed by atoms with Crippen LogP contribution in [0, 0.1) is 0 Å². The van der Waals surface area contributed by atoms with Gasteiger partial charge in [0.15, 0.2) is 17.5 Å². The number of nitrogens with zero attached hydrogens (tertiary/aromatic N) is 3. The van der Waals surface area contributed by atoms with Crippen molar-refractivity contribution in [2.45, 2.75) is 0 Å². The number of aromatic nitrogens is 3. The molecule has 0 atom stereocenters. The van der Waals surface area contributed by atoms with Gasteiger partial charge in [-0.2, -0.15) is 0 Å². The van der Waals surface area contributed by atoms with Crippen molar-refractivity contribution in [1.29, 1.82) is 0 Å². The maximum atomic E-state index is 5.41. The third-order valence-corrected chi connectivity index (χ3v) is 14.2. The molecular formula is C57H35N3S2. The Balaban J connectivity index is 1.13. The van der Waals surface area contributed by atoms with E-state index in [1.165, 1.54) is 51.5 Å². The Morgan fingerprint density at radius 2 is 0.645 bits per heavy atom. The van der Waals surface area contributed by atoms with Gasteiger partial charge in [-0.3, -0.25) is 0 Å². The maximum absolute atomic E-state index is 5.41. The first-order chi connectivity index (χ1) is 30.7. The molecule has 0 bridgehead atoms. The Morgan fingerprint density at radius 3 is 1.27 bits per heavy atom. The fourth-order valence-electron chi connectivity index (χ4n) is 8.79. The van der Waals surface area contributed by atoms with Crippen LogP contribution in [0.3, 0.4) is 0 Å². The normalized spacial score (nSPS) is 11.5. The summed E-state index contributed by atoms with van der Waals surface area (Å²) in [5.74, 6) is 1.86. The molecule has 0 aliphatic rings. The van der Waals surface area contributed by atoms with E-state index in [1.54, 1.807) is 0 Å². The second-order valence-electron chi connectivity index (χ2n) is 15.5. The second-order valence-corrected chi connectivity index (χ2v) is 17.6. The zero-order chi connectivity index (χ0) is 41.0. The molecule has 3 nitrogen and oxygen atoms in total.